The number of hydrogen-bond acceptors (Lipinski definition) is 15. The van der Waals surface area contributed by atoms with Gasteiger partial charge in [0, 0.05) is 25.7 Å². The van der Waals surface area contributed by atoms with Crippen LogP contribution in [-0.4, -0.2) is 96.7 Å². The van der Waals surface area contributed by atoms with Crippen molar-refractivity contribution < 1.29 is 80.2 Å². The number of rotatable bonds is 84. The summed E-state index contributed by atoms with van der Waals surface area (Å²) in [6, 6.07) is 0. The molecule has 0 radical (unpaired) electrons. The zero-order valence-corrected chi connectivity index (χ0v) is 69.3. The third kappa shape index (κ3) is 78.0. The van der Waals surface area contributed by atoms with Crippen molar-refractivity contribution in [1.82, 2.24) is 0 Å². The largest absolute Gasteiger partial charge is 0.472 e. The van der Waals surface area contributed by atoms with Gasteiger partial charge in [0.25, 0.3) is 0 Å². The van der Waals surface area contributed by atoms with Crippen LogP contribution in [0.5, 0.6) is 0 Å². The third-order valence-corrected chi connectivity index (χ3v) is 21.7. The van der Waals surface area contributed by atoms with Gasteiger partial charge in [0.2, 0.25) is 0 Å². The molecule has 19 heteroatoms. The van der Waals surface area contributed by atoms with Gasteiger partial charge in [0.15, 0.2) is 12.2 Å². The second-order valence-corrected chi connectivity index (χ2v) is 33.6. The molecule has 2 unspecified atom stereocenters. The number of phosphoric acid groups is 2. The smallest absolute Gasteiger partial charge is 0.462 e. The van der Waals surface area contributed by atoms with Crippen LogP contribution >= 0.6 is 15.6 Å². The summed E-state index contributed by atoms with van der Waals surface area (Å²) in [5, 5.41) is 10.7. The molecule has 0 saturated heterocycles. The van der Waals surface area contributed by atoms with Crippen LogP contribution in [0.2, 0.25) is 0 Å². The molecule has 0 aromatic carbocycles. The molecule has 5 atom stereocenters. The fourth-order valence-corrected chi connectivity index (χ4v) is 14.7. The van der Waals surface area contributed by atoms with E-state index in [1.54, 1.807) is 0 Å². The lowest BCUT2D eigenvalue weighted by Crippen LogP contribution is -2.30. The minimum atomic E-state index is -4.96. The van der Waals surface area contributed by atoms with Crippen molar-refractivity contribution >= 4 is 39.5 Å². The molecule has 0 fully saturated rings. The minimum absolute atomic E-state index is 0.109. The number of hydrogen-bond donors (Lipinski definition) is 3. The molecule has 0 saturated carbocycles. The number of aliphatic hydroxyl groups excluding tert-OH is 1. The van der Waals surface area contributed by atoms with E-state index in [0.29, 0.717) is 25.7 Å². The van der Waals surface area contributed by atoms with E-state index in [1.807, 2.05) is 0 Å². The van der Waals surface area contributed by atoms with Gasteiger partial charge in [-0.1, -0.05) is 401 Å². The number of ether oxygens (including phenoxy) is 4. The number of aliphatic hydroxyl groups is 1. The molecule has 0 rings (SSSR count). The SMILES string of the molecule is CCCCCCCCCCCCCCCCCCCCCCCC(=O)O[C@H](COC(=O)CCCCCCCCCCCCCCCCC(C)C)COP(=O)(O)OC[C@@H](O)COP(=O)(O)OC[C@@H](COC(=O)CCCCCCCCCCC)OC(=O)CCCCCCCCCCCCCCCCCC. The molecule has 0 aliphatic heterocycles. The van der Waals surface area contributed by atoms with Crippen molar-refractivity contribution in [2.24, 2.45) is 5.92 Å². The number of carbonyl (C=O) groups excluding carboxylic acids is 4. The van der Waals surface area contributed by atoms with Crippen LogP contribution in [0.25, 0.3) is 0 Å². The van der Waals surface area contributed by atoms with E-state index in [1.165, 1.54) is 276 Å². The Balaban J connectivity index is 5.20. The molecule has 103 heavy (non-hydrogen) atoms. The molecule has 0 spiro atoms. The summed E-state index contributed by atoms with van der Waals surface area (Å²) in [5.74, 6) is -1.30. The summed E-state index contributed by atoms with van der Waals surface area (Å²) in [6.07, 6.45) is 69.4. The second kappa shape index (κ2) is 76.8. The van der Waals surface area contributed by atoms with E-state index in [9.17, 15) is 43.2 Å². The maximum atomic E-state index is 13.1. The maximum Gasteiger partial charge on any atom is 0.472 e. The summed E-state index contributed by atoms with van der Waals surface area (Å²) >= 11 is 0. The summed E-state index contributed by atoms with van der Waals surface area (Å²) < 4.78 is 68.8. The number of phosphoric ester groups is 2. The van der Waals surface area contributed by atoms with Crippen molar-refractivity contribution in [3.8, 4) is 0 Å². The van der Waals surface area contributed by atoms with Gasteiger partial charge in [0.05, 0.1) is 26.4 Å². The summed E-state index contributed by atoms with van der Waals surface area (Å²) in [5.41, 5.74) is 0. The van der Waals surface area contributed by atoms with Crippen LogP contribution < -0.4 is 0 Å². The molecule has 0 bridgehead atoms. The van der Waals surface area contributed by atoms with Crippen LogP contribution in [-0.2, 0) is 65.4 Å². The van der Waals surface area contributed by atoms with E-state index in [0.717, 1.165) is 95.8 Å². The first-order valence-corrected chi connectivity index (χ1v) is 46.6. The van der Waals surface area contributed by atoms with Crippen molar-refractivity contribution in [3.05, 3.63) is 0 Å². The summed E-state index contributed by atoms with van der Waals surface area (Å²) in [6.45, 7) is 7.36. The Labute approximate surface area is 632 Å². The Morgan fingerprint density at radius 3 is 0.660 bits per heavy atom. The van der Waals surface area contributed by atoms with Crippen LogP contribution in [0, 0.1) is 5.92 Å². The Bertz CT molecular complexity index is 1960. The second-order valence-electron chi connectivity index (χ2n) is 30.7. The molecule has 0 amide bonds. The summed E-state index contributed by atoms with van der Waals surface area (Å²) in [7, 11) is -9.92. The van der Waals surface area contributed by atoms with E-state index in [4.69, 9.17) is 37.0 Å². The fourth-order valence-electron chi connectivity index (χ4n) is 13.1. The topological polar surface area (TPSA) is 237 Å². The first kappa shape index (κ1) is 101. The zero-order valence-electron chi connectivity index (χ0n) is 67.5. The molecule has 612 valence electrons. The van der Waals surface area contributed by atoms with Crippen molar-refractivity contribution in [1.29, 1.82) is 0 Å². The van der Waals surface area contributed by atoms with Gasteiger partial charge in [-0.3, -0.25) is 37.3 Å². The van der Waals surface area contributed by atoms with Gasteiger partial charge in [-0.15, -0.1) is 0 Å². The fraction of sp³-hybridized carbons (Fsp3) is 0.952. The maximum absolute atomic E-state index is 13.1. The Kier molecular flexibility index (Phi) is 75.4. The van der Waals surface area contributed by atoms with Crippen LogP contribution in [0.4, 0.5) is 0 Å². The molecular weight excluding hydrogens is 1340 g/mol. The van der Waals surface area contributed by atoms with E-state index in [2.05, 4.69) is 34.6 Å². The normalized spacial score (nSPS) is 13.8. The Morgan fingerprint density at radius 2 is 0.447 bits per heavy atom. The van der Waals surface area contributed by atoms with Crippen LogP contribution in [0.15, 0.2) is 0 Å². The predicted molar refractivity (Wildman–Crippen MR) is 423 cm³/mol. The lowest BCUT2D eigenvalue weighted by molar-refractivity contribution is -0.161. The molecule has 3 N–H and O–H groups in total. The Hall–Kier alpha value is -1.94. The first-order valence-electron chi connectivity index (χ1n) is 43.6. The van der Waals surface area contributed by atoms with Gasteiger partial charge in [-0.05, 0) is 31.6 Å². The molecule has 0 aliphatic carbocycles. The monoisotopic (exact) mass is 1510 g/mol. The zero-order chi connectivity index (χ0) is 75.5. The number of esters is 4. The van der Waals surface area contributed by atoms with Gasteiger partial charge in [0.1, 0.15) is 19.3 Å². The van der Waals surface area contributed by atoms with Crippen molar-refractivity contribution in [2.75, 3.05) is 39.6 Å². The summed E-state index contributed by atoms with van der Waals surface area (Å²) in [4.78, 5) is 73.1. The highest BCUT2D eigenvalue weighted by molar-refractivity contribution is 7.47. The lowest BCUT2D eigenvalue weighted by atomic mass is 10.0. The van der Waals surface area contributed by atoms with Gasteiger partial charge >= 0.3 is 39.5 Å². The van der Waals surface area contributed by atoms with Crippen molar-refractivity contribution in [2.45, 2.75) is 470 Å². The molecule has 0 aliphatic rings. The predicted octanol–water partition coefficient (Wildman–Crippen LogP) is 25.6. The highest BCUT2D eigenvalue weighted by Crippen LogP contribution is 2.45. The van der Waals surface area contributed by atoms with Crippen LogP contribution in [0.1, 0.15) is 452 Å². The molecule has 0 aromatic heterocycles. The lowest BCUT2D eigenvalue weighted by Gasteiger charge is -2.21. The minimum Gasteiger partial charge on any atom is -0.462 e. The quantitative estimate of drug-likeness (QED) is 0.0222. The Morgan fingerprint density at radius 1 is 0.262 bits per heavy atom. The molecule has 17 nitrogen and oxygen atoms in total. The molecule has 0 heterocycles. The van der Waals surface area contributed by atoms with Crippen molar-refractivity contribution in [3.63, 3.8) is 0 Å². The number of unbranched alkanes of at least 4 members (excludes halogenated alkanes) is 56. The first-order chi connectivity index (χ1) is 50.0. The van der Waals surface area contributed by atoms with Crippen LogP contribution in [0.3, 0.4) is 0 Å². The molecular formula is C84H164O17P2. The average Bonchev–Trinajstić information content (AvgIpc) is 0.951. The standard InChI is InChI=1S/C84H164O17P2/c1-6-9-12-15-18-21-23-25-27-29-30-31-32-33-35-41-45-50-55-60-65-70-84(89)101-80(74-95-82(87)68-63-58-53-48-43-39-37-36-38-42-47-51-56-61-66-77(4)5)76-99-103(92,93)97-72-78(85)71-96-102(90,91)98-75-79(73-94-81(86)67-62-57-52-46-20-17-14-11-8-3)100-83(88)69-64-59-54-49-44-40-34-28-26-24-22-19-16-13-10-7-2/h77-80,85H,6-76H2,1-5H3,(H,90,91)(H,92,93)/t78-,79+,80+/m0/s1. The molecule has 0 aromatic rings. The highest BCUT2D eigenvalue weighted by atomic mass is 31.2. The van der Waals surface area contributed by atoms with E-state index >= 15 is 0 Å². The number of carbonyl (C=O) groups is 4. The van der Waals surface area contributed by atoms with E-state index in [-0.39, 0.29) is 25.7 Å². The van der Waals surface area contributed by atoms with E-state index < -0.39 is 97.5 Å². The average molecular weight is 1510 g/mol. The van der Waals surface area contributed by atoms with Gasteiger partial charge < -0.3 is 33.8 Å². The third-order valence-electron chi connectivity index (χ3n) is 19.8. The van der Waals surface area contributed by atoms with Gasteiger partial charge in [-0.2, -0.15) is 0 Å². The highest BCUT2D eigenvalue weighted by Gasteiger charge is 2.30. The van der Waals surface area contributed by atoms with Gasteiger partial charge in [-0.25, -0.2) is 9.13 Å².